The van der Waals surface area contributed by atoms with Crippen molar-refractivity contribution in [2.24, 2.45) is 5.73 Å². The molecule has 3 N–H and O–H groups in total. The summed E-state index contributed by atoms with van der Waals surface area (Å²) in [7, 11) is 0. The molecule has 1 aliphatic rings. The summed E-state index contributed by atoms with van der Waals surface area (Å²) in [6.45, 7) is 5.10. The number of benzene rings is 1. The SMILES string of the molecule is CC1CCCC(C)N1NC(CN)c1ccc(Cl)c(Br)c1. The molecule has 0 saturated carbocycles. The fourth-order valence-corrected chi connectivity index (χ4v) is 3.36. The second-order valence-corrected chi connectivity index (χ2v) is 6.89. The van der Waals surface area contributed by atoms with E-state index < -0.39 is 0 Å². The molecule has 3 unspecified atom stereocenters. The van der Waals surface area contributed by atoms with Crippen molar-refractivity contribution in [2.75, 3.05) is 6.54 Å². The van der Waals surface area contributed by atoms with Crippen molar-refractivity contribution in [1.29, 1.82) is 0 Å². The molecule has 0 radical (unpaired) electrons. The van der Waals surface area contributed by atoms with Gasteiger partial charge in [-0.05, 0) is 60.3 Å². The maximum Gasteiger partial charge on any atom is 0.0587 e. The second kappa shape index (κ2) is 7.23. The topological polar surface area (TPSA) is 41.3 Å². The normalized spacial score (nSPS) is 25.6. The van der Waals surface area contributed by atoms with Gasteiger partial charge in [0.25, 0.3) is 0 Å². The first kappa shape index (κ1) is 16.2. The maximum absolute atomic E-state index is 6.06. The molecule has 0 aromatic heterocycles. The zero-order valence-electron chi connectivity index (χ0n) is 12.1. The highest BCUT2D eigenvalue weighted by Crippen LogP contribution is 2.27. The van der Waals surface area contributed by atoms with Crippen LogP contribution in [0.25, 0.3) is 0 Å². The van der Waals surface area contributed by atoms with Crippen molar-refractivity contribution in [3.63, 3.8) is 0 Å². The Morgan fingerprint density at radius 3 is 2.60 bits per heavy atom. The Morgan fingerprint density at radius 1 is 1.40 bits per heavy atom. The van der Waals surface area contributed by atoms with E-state index in [0.717, 1.165) is 15.1 Å². The standard InChI is InChI=1S/C15H23BrClN3/c1-10-4-3-5-11(2)20(10)19-15(9-18)12-6-7-14(17)13(16)8-12/h6-8,10-11,15,19H,3-5,9,18H2,1-2H3. The van der Waals surface area contributed by atoms with Gasteiger partial charge < -0.3 is 5.73 Å². The van der Waals surface area contributed by atoms with Crippen molar-refractivity contribution < 1.29 is 0 Å². The van der Waals surface area contributed by atoms with Gasteiger partial charge in [0.05, 0.1) is 11.1 Å². The van der Waals surface area contributed by atoms with E-state index in [1.807, 2.05) is 18.2 Å². The van der Waals surface area contributed by atoms with Crippen molar-refractivity contribution in [3.8, 4) is 0 Å². The lowest BCUT2D eigenvalue weighted by atomic mass is 9.99. The van der Waals surface area contributed by atoms with E-state index in [9.17, 15) is 0 Å². The maximum atomic E-state index is 6.06. The average molecular weight is 361 g/mol. The molecule has 0 spiro atoms. The fourth-order valence-electron chi connectivity index (χ4n) is 2.85. The Bertz CT molecular complexity index is 445. The number of nitrogens with zero attached hydrogens (tertiary/aromatic N) is 1. The fraction of sp³-hybridized carbons (Fsp3) is 0.600. The van der Waals surface area contributed by atoms with E-state index in [2.05, 4.69) is 40.2 Å². The molecule has 1 aromatic carbocycles. The number of halogens is 2. The summed E-state index contributed by atoms with van der Waals surface area (Å²) in [5.74, 6) is 0. The molecule has 3 nitrogen and oxygen atoms in total. The highest BCUT2D eigenvalue weighted by molar-refractivity contribution is 9.10. The molecule has 1 fully saturated rings. The van der Waals surface area contributed by atoms with Gasteiger partial charge in [0.15, 0.2) is 0 Å². The molecule has 3 atom stereocenters. The van der Waals surface area contributed by atoms with Gasteiger partial charge >= 0.3 is 0 Å². The molecular weight excluding hydrogens is 338 g/mol. The van der Waals surface area contributed by atoms with Gasteiger partial charge in [0.1, 0.15) is 0 Å². The molecular formula is C15H23BrClN3. The largest absolute Gasteiger partial charge is 0.329 e. The van der Waals surface area contributed by atoms with Gasteiger partial charge in [0.2, 0.25) is 0 Å². The van der Waals surface area contributed by atoms with Crippen molar-refractivity contribution >= 4 is 27.5 Å². The molecule has 1 aromatic rings. The third kappa shape index (κ3) is 3.74. The quantitative estimate of drug-likeness (QED) is 0.856. The highest BCUT2D eigenvalue weighted by Gasteiger charge is 2.26. The number of nitrogens with two attached hydrogens (primary N) is 1. The first-order chi connectivity index (χ1) is 9.52. The van der Waals surface area contributed by atoms with Crippen LogP contribution in [0.2, 0.25) is 5.02 Å². The van der Waals surface area contributed by atoms with Crippen LogP contribution in [-0.2, 0) is 0 Å². The summed E-state index contributed by atoms with van der Waals surface area (Å²) in [5, 5.41) is 3.09. The van der Waals surface area contributed by atoms with E-state index in [4.69, 9.17) is 17.3 Å². The Labute approximate surface area is 135 Å². The monoisotopic (exact) mass is 359 g/mol. The number of hydrogen-bond acceptors (Lipinski definition) is 3. The van der Waals surface area contributed by atoms with Gasteiger partial charge in [-0.2, -0.15) is 0 Å². The van der Waals surface area contributed by atoms with Crippen LogP contribution in [0.3, 0.4) is 0 Å². The third-order valence-corrected chi connectivity index (χ3v) is 5.29. The van der Waals surface area contributed by atoms with E-state index in [0.29, 0.717) is 18.6 Å². The van der Waals surface area contributed by atoms with Crippen LogP contribution in [0.5, 0.6) is 0 Å². The van der Waals surface area contributed by atoms with Gasteiger partial charge in [-0.15, -0.1) is 0 Å². The Morgan fingerprint density at radius 2 is 2.05 bits per heavy atom. The zero-order chi connectivity index (χ0) is 14.7. The minimum absolute atomic E-state index is 0.117. The average Bonchev–Trinajstić information content (AvgIpc) is 2.42. The van der Waals surface area contributed by atoms with Crippen LogP contribution in [0.4, 0.5) is 0 Å². The Balaban J connectivity index is 2.13. The van der Waals surface area contributed by atoms with Crippen LogP contribution in [0.15, 0.2) is 22.7 Å². The first-order valence-electron chi connectivity index (χ1n) is 7.22. The molecule has 5 heteroatoms. The summed E-state index contributed by atoms with van der Waals surface area (Å²) in [5.41, 5.74) is 10.7. The van der Waals surface area contributed by atoms with Crippen molar-refractivity contribution in [2.45, 2.75) is 51.2 Å². The predicted molar refractivity (Wildman–Crippen MR) is 88.7 cm³/mol. The van der Waals surface area contributed by atoms with Crippen LogP contribution < -0.4 is 11.2 Å². The molecule has 20 heavy (non-hydrogen) atoms. The highest BCUT2D eigenvalue weighted by atomic mass is 79.9. The summed E-state index contributed by atoms with van der Waals surface area (Å²) >= 11 is 9.54. The number of piperidine rings is 1. The lowest BCUT2D eigenvalue weighted by molar-refractivity contribution is 0.0304. The van der Waals surface area contributed by atoms with E-state index in [-0.39, 0.29) is 6.04 Å². The Hall–Kier alpha value is -0.130. The van der Waals surface area contributed by atoms with Crippen LogP contribution in [0, 0.1) is 0 Å². The van der Waals surface area contributed by atoms with Crippen LogP contribution >= 0.6 is 27.5 Å². The summed E-state index contributed by atoms with van der Waals surface area (Å²) in [4.78, 5) is 0. The zero-order valence-corrected chi connectivity index (χ0v) is 14.4. The second-order valence-electron chi connectivity index (χ2n) is 5.63. The van der Waals surface area contributed by atoms with Crippen molar-refractivity contribution in [1.82, 2.24) is 10.4 Å². The molecule has 2 rings (SSSR count). The lowest BCUT2D eigenvalue weighted by Gasteiger charge is -2.41. The van der Waals surface area contributed by atoms with E-state index in [1.165, 1.54) is 19.3 Å². The first-order valence-corrected chi connectivity index (χ1v) is 8.39. The third-order valence-electron chi connectivity index (χ3n) is 4.08. The minimum atomic E-state index is 0.117. The molecule has 0 amide bonds. The lowest BCUT2D eigenvalue weighted by Crippen LogP contribution is -2.54. The number of nitrogens with one attached hydrogen (secondary N) is 1. The minimum Gasteiger partial charge on any atom is -0.329 e. The number of hydrazine groups is 1. The van der Waals surface area contributed by atoms with Crippen LogP contribution in [-0.4, -0.2) is 23.6 Å². The molecule has 0 bridgehead atoms. The van der Waals surface area contributed by atoms with Gasteiger partial charge in [-0.3, -0.25) is 0 Å². The van der Waals surface area contributed by atoms with Crippen LogP contribution in [0.1, 0.15) is 44.7 Å². The van der Waals surface area contributed by atoms with E-state index in [1.54, 1.807) is 0 Å². The summed E-state index contributed by atoms with van der Waals surface area (Å²) in [6.07, 6.45) is 3.78. The summed E-state index contributed by atoms with van der Waals surface area (Å²) in [6, 6.07) is 7.20. The molecule has 0 aliphatic carbocycles. The molecule has 1 aliphatic heterocycles. The van der Waals surface area contributed by atoms with Crippen molar-refractivity contribution in [3.05, 3.63) is 33.3 Å². The van der Waals surface area contributed by atoms with Gasteiger partial charge in [0, 0.05) is 23.1 Å². The molecule has 1 saturated heterocycles. The number of rotatable bonds is 4. The van der Waals surface area contributed by atoms with E-state index >= 15 is 0 Å². The Kier molecular flexibility index (Phi) is 5.87. The van der Waals surface area contributed by atoms with Gasteiger partial charge in [-0.25, -0.2) is 10.4 Å². The predicted octanol–water partition coefficient (Wildman–Crippen LogP) is 3.87. The molecule has 112 valence electrons. The molecule has 1 heterocycles. The summed E-state index contributed by atoms with van der Waals surface area (Å²) < 4.78 is 0.914. The van der Waals surface area contributed by atoms with Gasteiger partial charge in [-0.1, -0.05) is 24.1 Å². The number of hydrogen-bond donors (Lipinski definition) is 2. The smallest absolute Gasteiger partial charge is 0.0587 e.